The molecule has 2 rings (SSSR count). The Balaban J connectivity index is 2.00. The van der Waals surface area contributed by atoms with Gasteiger partial charge in [0.15, 0.2) is 0 Å². The van der Waals surface area contributed by atoms with Crippen LogP contribution in [0.4, 0.5) is 5.82 Å². The van der Waals surface area contributed by atoms with E-state index < -0.39 is 10.0 Å². The Morgan fingerprint density at radius 2 is 2.27 bits per heavy atom. The molecular formula is C14H26N4O3S. The molecule has 1 N–H and O–H groups in total. The van der Waals surface area contributed by atoms with Crippen LogP contribution >= 0.6 is 0 Å². The van der Waals surface area contributed by atoms with Crippen molar-refractivity contribution in [1.29, 1.82) is 0 Å². The summed E-state index contributed by atoms with van der Waals surface area (Å²) in [6.07, 6.45) is 1.50. The molecule has 0 aromatic carbocycles. The molecule has 0 unspecified atom stereocenters. The van der Waals surface area contributed by atoms with Crippen molar-refractivity contribution in [3.05, 3.63) is 11.8 Å². The molecule has 1 aliphatic rings. The van der Waals surface area contributed by atoms with Gasteiger partial charge in [0.25, 0.3) is 0 Å². The zero-order chi connectivity index (χ0) is 16.3. The minimum absolute atomic E-state index is 0.00911. The van der Waals surface area contributed by atoms with E-state index in [-0.39, 0.29) is 17.9 Å². The smallest absolute Gasteiger partial charge is 0.214 e. The normalized spacial score (nSPS) is 21.1. The fourth-order valence-corrected chi connectivity index (χ4v) is 4.40. The fraction of sp³-hybridized carbons (Fsp3) is 0.786. The van der Waals surface area contributed by atoms with E-state index in [9.17, 15) is 8.42 Å². The number of aryl methyl sites for hydroxylation is 2. The predicted molar refractivity (Wildman–Crippen MR) is 86.6 cm³/mol. The minimum Gasteiger partial charge on any atom is -0.381 e. The zero-order valence-electron chi connectivity index (χ0n) is 13.7. The number of methoxy groups -OCH3 is 1. The molecule has 1 aromatic rings. The third-order valence-electron chi connectivity index (χ3n) is 3.93. The van der Waals surface area contributed by atoms with Crippen molar-refractivity contribution >= 4 is 15.8 Å². The highest BCUT2D eigenvalue weighted by atomic mass is 32.2. The second-order valence-corrected chi connectivity index (χ2v) is 7.80. The third kappa shape index (κ3) is 4.44. The number of ether oxygens (including phenoxy) is 1. The monoisotopic (exact) mass is 330 g/mol. The predicted octanol–water partition coefficient (Wildman–Crippen LogP) is 0.652. The average molecular weight is 330 g/mol. The molecule has 1 saturated heterocycles. The molecule has 0 aliphatic carbocycles. The zero-order valence-corrected chi connectivity index (χ0v) is 14.6. The molecule has 1 aliphatic heterocycles. The van der Waals surface area contributed by atoms with Gasteiger partial charge in [0.1, 0.15) is 5.82 Å². The van der Waals surface area contributed by atoms with Gasteiger partial charge in [-0.1, -0.05) is 0 Å². The summed E-state index contributed by atoms with van der Waals surface area (Å²) in [7, 11) is 0.107. The number of aromatic nitrogens is 2. The van der Waals surface area contributed by atoms with E-state index in [4.69, 9.17) is 4.74 Å². The van der Waals surface area contributed by atoms with Crippen LogP contribution < -0.4 is 9.62 Å². The lowest BCUT2D eigenvalue weighted by molar-refractivity contribution is 0.136. The fourth-order valence-electron chi connectivity index (χ4n) is 2.85. The quantitative estimate of drug-likeness (QED) is 0.829. The van der Waals surface area contributed by atoms with Crippen LogP contribution in [0.2, 0.25) is 0 Å². The van der Waals surface area contributed by atoms with Gasteiger partial charge in [0.05, 0.1) is 17.6 Å². The molecule has 0 bridgehead atoms. The Hall–Kier alpha value is -1.12. The van der Waals surface area contributed by atoms with Crippen molar-refractivity contribution in [2.45, 2.75) is 38.8 Å². The number of piperidine rings is 1. The van der Waals surface area contributed by atoms with Gasteiger partial charge in [-0.3, -0.25) is 4.68 Å². The first-order valence-corrected chi connectivity index (χ1v) is 9.24. The summed E-state index contributed by atoms with van der Waals surface area (Å²) in [5, 5.41) is 4.36. The number of nitrogens with zero attached hydrogens (tertiary/aromatic N) is 3. The molecular weight excluding hydrogens is 304 g/mol. The molecule has 0 saturated carbocycles. The molecule has 8 heteroatoms. The van der Waals surface area contributed by atoms with Crippen molar-refractivity contribution in [2.24, 2.45) is 7.05 Å². The van der Waals surface area contributed by atoms with Crippen molar-refractivity contribution in [3.8, 4) is 0 Å². The van der Waals surface area contributed by atoms with Crippen LogP contribution in [0.25, 0.3) is 0 Å². The average Bonchev–Trinajstić information content (AvgIpc) is 2.76. The van der Waals surface area contributed by atoms with E-state index in [2.05, 4.69) is 14.7 Å². The van der Waals surface area contributed by atoms with E-state index >= 15 is 0 Å². The Bertz CT molecular complexity index is 599. The highest BCUT2D eigenvalue weighted by Crippen LogP contribution is 2.20. The van der Waals surface area contributed by atoms with Gasteiger partial charge in [0, 0.05) is 39.4 Å². The van der Waals surface area contributed by atoms with Crippen LogP contribution in [0.15, 0.2) is 6.07 Å². The first kappa shape index (κ1) is 17.2. The van der Waals surface area contributed by atoms with Crippen molar-refractivity contribution in [1.82, 2.24) is 14.5 Å². The third-order valence-corrected chi connectivity index (χ3v) is 5.53. The summed E-state index contributed by atoms with van der Waals surface area (Å²) in [6.45, 7) is 5.30. The van der Waals surface area contributed by atoms with E-state index in [1.165, 1.54) is 7.11 Å². The molecule has 0 amide bonds. The van der Waals surface area contributed by atoms with E-state index in [1.54, 1.807) is 6.92 Å². The van der Waals surface area contributed by atoms with Gasteiger partial charge < -0.3 is 9.64 Å². The molecule has 2 atom stereocenters. The molecule has 1 fully saturated rings. The summed E-state index contributed by atoms with van der Waals surface area (Å²) in [5.74, 6) is 1.02. The van der Waals surface area contributed by atoms with Crippen LogP contribution in [-0.4, -0.2) is 56.3 Å². The van der Waals surface area contributed by atoms with Crippen LogP contribution in [-0.2, 0) is 21.8 Å². The summed E-state index contributed by atoms with van der Waals surface area (Å²) in [5.41, 5.74) is 0.967. The van der Waals surface area contributed by atoms with E-state index in [0.717, 1.165) is 30.9 Å². The second kappa shape index (κ2) is 6.97. The Morgan fingerprint density at radius 1 is 1.55 bits per heavy atom. The van der Waals surface area contributed by atoms with Crippen LogP contribution in [0, 0.1) is 6.92 Å². The largest absolute Gasteiger partial charge is 0.381 e. The minimum atomic E-state index is -3.33. The highest BCUT2D eigenvalue weighted by Gasteiger charge is 2.26. The maximum absolute atomic E-state index is 12.2. The number of rotatable bonds is 6. The van der Waals surface area contributed by atoms with Crippen molar-refractivity contribution < 1.29 is 13.2 Å². The summed E-state index contributed by atoms with van der Waals surface area (Å²) in [6, 6.07) is 1.96. The van der Waals surface area contributed by atoms with Crippen LogP contribution in [0.1, 0.15) is 25.5 Å². The molecule has 0 radical (unpaired) electrons. The van der Waals surface area contributed by atoms with E-state index in [0.29, 0.717) is 6.54 Å². The Morgan fingerprint density at radius 3 is 2.86 bits per heavy atom. The lowest BCUT2D eigenvalue weighted by Crippen LogP contribution is -2.49. The summed E-state index contributed by atoms with van der Waals surface area (Å²) in [4.78, 5) is 2.19. The molecule has 2 heterocycles. The van der Waals surface area contributed by atoms with Gasteiger partial charge in [-0.2, -0.15) is 5.10 Å². The Labute approximate surface area is 132 Å². The van der Waals surface area contributed by atoms with Gasteiger partial charge >= 0.3 is 0 Å². The summed E-state index contributed by atoms with van der Waals surface area (Å²) < 4.78 is 34.0. The van der Waals surface area contributed by atoms with Crippen molar-refractivity contribution in [3.63, 3.8) is 0 Å². The molecule has 0 spiro atoms. The number of sulfonamides is 1. The van der Waals surface area contributed by atoms with E-state index in [1.807, 2.05) is 24.7 Å². The number of anilines is 1. The highest BCUT2D eigenvalue weighted by molar-refractivity contribution is 7.89. The topological polar surface area (TPSA) is 76.5 Å². The lowest BCUT2D eigenvalue weighted by Gasteiger charge is -2.34. The molecule has 22 heavy (non-hydrogen) atoms. The standard InChI is InChI=1S/C14H26N4O3S/c1-11-8-14(17(3)15-11)18-7-5-6-13(9-18)16-22(19,20)10-12(2)21-4/h8,12-13,16H,5-7,9-10H2,1-4H3/t12-,13+/m1/s1. The van der Waals surface area contributed by atoms with Gasteiger partial charge in [-0.25, -0.2) is 13.1 Å². The van der Waals surface area contributed by atoms with Gasteiger partial charge in [-0.05, 0) is 26.7 Å². The number of nitrogens with one attached hydrogen (secondary N) is 1. The second-order valence-electron chi connectivity index (χ2n) is 6.00. The Kier molecular flexibility index (Phi) is 5.46. The number of hydrogen-bond donors (Lipinski definition) is 1. The first-order chi connectivity index (χ1) is 10.3. The van der Waals surface area contributed by atoms with Gasteiger partial charge in [0.2, 0.25) is 10.0 Å². The maximum atomic E-state index is 12.2. The lowest BCUT2D eigenvalue weighted by atomic mass is 10.1. The van der Waals surface area contributed by atoms with Crippen LogP contribution in [0.3, 0.4) is 0 Å². The van der Waals surface area contributed by atoms with Gasteiger partial charge in [-0.15, -0.1) is 0 Å². The molecule has 126 valence electrons. The maximum Gasteiger partial charge on any atom is 0.214 e. The molecule has 1 aromatic heterocycles. The summed E-state index contributed by atoms with van der Waals surface area (Å²) >= 11 is 0. The van der Waals surface area contributed by atoms with Crippen molar-refractivity contribution in [2.75, 3.05) is 30.9 Å². The van der Waals surface area contributed by atoms with Crippen LogP contribution in [0.5, 0.6) is 0 Å². The molecule has 7 nitrogen and oxygen atoms in total. The number of hydrogen-bond acceptors (Lipinski definition) is 5. The first-order valence-electron chi connectivity index (χ1n) is 7.59. The SMILES string of the molecule is CO[C@H](C)CS(=O)(=O)N[C@H]1CCCN(c2cc(C)nn2C)C1.